The number of halogens is 4. The number of carbonyl (C=O) groups excluding carboxylic acids is 2. The van der Waals surface area contributed by atoms with Crippen molar-refractivity contribution in [1.29, 1.82) is 0 Å². The minimum atomic E-state index is -4.62. The zero-order valence-electron chi connectivity index (χ0n) is 17.8. The van der Waals surface area contributed by atoms with Crippen LogP contribution in [0.25, 0.3) is 0 Å². The second-order valence-corrected chi connectivity index (χ2v) is 7.10. The Labute approximate surface area is 197 Å². The molecule has 0 bridgehead atoms. The first-order chi connectivity index (χ1) is 16.1. The fourth-order valence-corrected chi connectivity index (χ4v) is 2.99. The molecule has 0 saturated heterocycles. The van der Waals surface area contributed by atoms with Gasteiger partial charge in [0.1, 0.15) is 22.9 Å². The monoisotopic (exact) mass is 494 g/mol. The second kappa shape index (κ2) is 10.3. The van der Waals surface area contributed by atoms with Crippen molar-refractivity contribution in [3.05, 3.63) is 76.6 Å². The topological polar surface area (TPSA) is 102 Å². The Kier molecular flexibility index (Phi) is 7.47. The van der Waals surface area contributed by atoms with Gasteiger partial charge >= 0.3 is 6.18 Å². The Morgan fingerprint density at radius 1 is 1.00 bits per heavy atom. The van der Waals surface area contributed by atoms with Gasteiger partial charge in [-0.3, -0.25) is 25.4 Å². The standard InChI is InChI=1S/C22H18ClF3N4O4/c1-27-21(32)18-11-14(7-8-28-18)34-13-4-5-17(16(23)10-13)29-30-20(31)15-9-12(22(24,25)26)3-6-19(15)33-2/h3-11,29H,1-2H3,(H,27,32)(H,30,31). The molecule has 0 aliphatic carbocycles. The molecule has 0 atom stereocenters. The lowest BCUT2D eigenvalue weighted by Gasteiger charge is -2.15. The highest BCUT2D eigenvalue weighted by atomic mass is 35.5. The predicted octanol–water partition coefficient (Wildman–Crippen LogP) is 4.67. The second-order valence-electron chi connectivity index (χ2n) is 6.69. The zero-order chi connectivity index (χ0) is 24.9. The molecule has 3 N–H and O–H groups in total. The van der Waals surface area contributed by atoms with Crippen LogP contribution in [-0.4, -0.2) is 31.0 Å². The van der Waals surface area contributed by atoms with E-state index in [-0.39, 0.29) is 33.6 Å². The molecule has 8 nitrogen and oxygen atoms in total. The van der Waals surface area contributed by atoms with Crippen molar-refractivity contribution < 1.29 is 32.2 Å². The highest BCUT2D eigenvalue weighted by Gasteiger charge is 2.32. The van der Waals surface area contributed by atoms with Gasteiger partial charge in [-0.2, -0.15) is 13.2 Å². The van der Waals surface area contributed by atoms with E-state index in [9.17, 15) is 22.8 Å². The number of rotatable bonds is 7. The number of benzene rings is 2. The molecule has 0 aliphatic heterocycles. The molecule has 34 heavy (non-hydrogen) atoms. The Hall–Kier alpha value is -3.99. The molecular weight excluding hydrogens is 477 g/mol. The lowest BCUT2D eigenvalue weighted by atomic mass is 10.1. The molecule has 178 valence electrons. The van der Waals surface area contributed by atoms with Crippen LogP contribution in [0, 0.1) is 0 Å². The van der Waals surface area contributed by atoms with Crippen molar-refractivity contribution in [1.82, 2.24) is 15.7 Å². The summed E-state index contributed by atoms with van der Waals surface area (Å²) in [5.74, 6) is -0.601. The highest BCUT2D eigenvalue weighted by Crippen LogP contribution is 2.33. The minimum Gasteiger partial charge on any atom is -0.496 e. The summed E-state index contributed by atoms with van der Waals surface area (Å²) < 4.78 is 49.7. The van der Waals surface area contributed by atoms with Gasteiger partial charge in [0.05, 0.1) is 28.9 Å². The van der Waals surface area contributed by atoms with E-state index in [4.69, 9.17) is 21.1 Å². The number of hydrogen-bond donors (Lipinski definition) is 3. The molecule has 0 spiro atoms. The van der Waals surface area contributed by atoms with Crippen LogP contribution in [0.1, 0.15) is 26.4 Å². The summed E-state index contributed by atoms with van der Waals surface area (Å²) in [6.07, 6.45) is -3.21. The van der Waals surface area contributed by atoms with E-state index in [2.05, 4.69) is 21.2 Å². The smallest absolute Gasteiger partial charge is 0.416 e. The molecule has 3 aromatic rings. The molecule has 1 aromatic heterocycles. The number of ether oxygens (including phenoxy) is 2. The van der Waals surface area contributed by atoms with E-state index >= 15 is 0 Å². The number of pyridine rings is 1. The van der Waals surface area contributed by atoms with Crippen molar-refractivity contribution in [3.63, 3.8) is 0 Å². The molecule has 0 unspecified atom stereocenters. The number of hydrazine groups is 1. The quantitative estimate of drug-likeness (QED) is 0.413. The third-order valence-corrected chi connectivity index (χ3v) is 4.76. The molecule has 3 rings (SSSR count). The molecule has 1 heterocycles. The zero-order valence-corrected chi connectivity index (χ0v) is 18.5. The molecule has 0 radical (unpaired) electrons. The van der Waals surface area contributed by atoms with Gasteiger partial charge in [0.15, 0.2) is 0 Å². The number of hydrogen-bond acceptors (Lipinski definition) is 6. The number of carbonyl (C=O) groups is 2. The summed E-state index contributed by atoms with van der Waals surface area (Å²) in [5, 5.41) is 2.60. The third-order valence-electron chi connectivity index (χ3n) is 4.45. The van der Waals surface area contributed by atoms with Crippen molar-refractivity contribution in [2.75, 3.05) is 19.6 Å². The number of nitrogens with one attached hydrogen (secondary N) is 3. The van der Waals surface area contributed by atoms with E-state index in [0.717, 1.165) is 12.1 Å². The van der Waals surface area contributed by atoms with E-state index in [1.54, 1.807) is 6.07 Å². The normalized spacial score (nSPS) is 10.9. The summed E-state index contributed by atoms with van der Waals surface area (Å²) in [4.78, 5) is 28.1. The molecule has 0 aliphatic rings. The predicted molar refractivity (Wildman–Crippen MR) is 118 cm³/mol. The maximum absolute atomic E-state index is 13.0. The molecule has 0 fully saturated rings. The first kappa shape index (κ1) is 24.6. The first-order valence-electron chi connectivity index (χ1n) is 9.59. The van der Waals surface area contributed by atoms with E-state index in [0.29, 0.717) is 17.6 Å². The maximum Gasteiger partial charge on any atom is 0.416 e. The number of nitrogens with zero attached hydrogens (tertiary/aromatic N) is 1. The van der Waals surface area contributed by atoms with E-state index in [1.165, 1.54) is 44.6 Å². The third kappa shape index (κ3) is 5.87. The first-order valence-corrected chi connectivity index (χ1v) is 9.97. The number of alkyl halides is 3. The largest absolute Gasteiger partial charge is 0.496 e. The molecule has 2 amide bonds. The summed E-state index contributed by atoms with van der Waals surface area (Å²) in [7, 11) is 2.72. The lowest BCUT2D eigenvalue weighted by Crippen LogP contribution is -2.30. The van der Waals surface area contributed by atoms with Crippen LogP contribution in [0.3, 0.4) is 0 Å². The number of methoxy groups -OCH3 is 1. The van der Waals surface area contributed by atoms with Crippen LogP contribution in [0.15, 0.2) is 54.7 Å². The van der Waals surface area contributed by atoms with Crippen LogP contribution in [-0.2, 0) is 6.18 Å². The average Bonchev–Trinajstić information content (AvgIpc) is 2.82. The molecule has 12 heteroatoms. The van der Waals surface area contributed by atoms with Gasteiger partial charge in [-0.1, -0.05) is 11.6 Å². The van der Waals surface area contributed by atoms with Crippen molar-refractivity contribution in [2.24, 2.45) is 0 Å². The fraction of sp³-hybridized carbons (Fsp3) is 0.136. The number of amides is 2. The fourth-order valence-electron chi connectivity index (χ4n) is 2.78. The SMILES string of the molecule is CNC(=O)c1cc(Oc2ccc(NNC(=O)c3cc(C(F)(F)F)ccc3OC)c(Cl)c2)ccn1. The molecule has 0 saturated carbocycles. The average molecular weight is 495 g/mol. The van der Waals surface area contributed by atoms with Gasteiger partial charge in [-0.05, 0) is 36.4 Å². The van der Waals surface area contributed by atoms with Gasteiger partial charge in [0.25, 0.3) is 11.8 Å². The van der Waals surface area contributed by atoms with E-state index < -0.39 is 17.6 Å². The summed E-state index contributed by atoms with van der Waals surface area (Å²) in [5.41, 5.74) is 3.96. The Bertz CT molecular complexity index is 1220. The van der Waals surface area contributed by atoms with Crippen molar-refractivity contribution in [2.45, 2.75) is 6.18 Å². The van der Waals surface area contributed by atoms with Gasteiger partial charge in [0, 0.05) is 25.4 Å². The van der Waals surface area contributed by atoms with Gasteiger partial charge in [-0.25, -0.2) is 0 Å². The number of aromatic nitrogens is 1. The van der Waals surface area contributed by atoms with Crippen molar-refractivity contribution in [3.8, 4) is 17.2 Å². The van der Waals surface area contributed by atoms with Gasteiger partial charge < -0.3 is 14.8 Å². The summed E-state index contributed by atoms with van der Waals surface area (Å²) >= 11 is 6.23. The summed E-state index contributed by atoms with van der Waals surface area (Å²) in [6.45, 7) is 0. The number of anilines is 1. The van der Waals surface area contributed by atoms with Crippen molar-refractivity contribution >= 4 is 29.1 Å². The Balaban J connectivity index is 1.71. The Morgan fingerprint density at radius 3 is 2.38 bits per heavy atom. The maximum atomic E-state index is 13.0. The van der Waals surface area contributed by atoms with Crippen LogP contribution >= 0.6 is 11.6 Å². The lowest BCUT2D eigenvalue weighted by molar-refractivity contribution is -0.137. The Morgan fingerprint density at radius 2 is 1.74 bits per heavy atom. The molecular formula is C22H18ClF3N4O4. The van der Waals surface area contributed by atoms with Crippen LogP contribution in [0.2, 0.25) is 5.02 Å². The van der Waals surface area contributed by atoms with Gasteiger partial charge in [-0.15, -0.1) is 0 Å². The van der Waals surface area contributed by atoms with Gasteiger partial charge in [0.2, 0.25) is 0 Å². The minimum absolute atomic E-state index is 0.0318. The van der Waals surface area contributed by atoms with Crippen LogP contribution < -0.4 is 25.6 Å². The molecule has 2 aromatic carbocycles. The van der Waals surface area contributed by atoms with Crippen LogP contribution in [0.5, 0.6) is 17.2 Å². The van der Waals surface area contributed by atoms with E-state index in [1.807, 2.05) is 0 Å². The summed E-state index contributed by atoms with van der Waals surface area (Å²) in [6, 6.07) is 10.0. The highest BCUT2D eigenvalue weighted by molar-refractivity contribution is 6.33. The van der Waals surface area contributed by atoms with Crippen LogP contribution in [0.4, 0.5) is 18.9 Å².